The van der Waals surface area contributed by atoms with Crippen LogP contribution in [0.5, 0.6) is 0 Å². The van der Waals surface area contributed by atoms with Gasteiger partial charge in [0.05, 0.1) is 9.83 Å². The van der Waals surface area contributed by atoms with E-state index < -0.39 is 0 Å². The first kappa shape index (κ1) is 14.0. The molecule has 0 aliphatic heterocycles. The minimum absolute atomic E-state index is 0.246. The smallest absolute Gasteiger partial charge is 0.0702 e. The Labute approximate surface area is 135 Å². The highest BCUT2D eigenvalue weighted by atomic mass is 127. The van der Waals surface area contributed by atoms with Gasteiger partial charge in [-0.1, -0.05) is 15.9 Å². The van der Waals surface area contributed by atoms with Gasteiger partial charge in [0.25, 0.3) is 0 Å². The molecule has 0 aliphatic rings. The fourth-order valence-electron chi connectivity index (χ4n) is 1.67. The Bertz CT molecular complexity index is 527. The molecule has 1 heterocycles. The molecule has 17 heavy (non-hydrogen) atoms. The average Bonchev–Trinajstić information content (AvgIpc) is 2.71. The first-order valence-electron chi connectivity index (χ1n) is 4.99. The first-order valence-corrected chi connectivity index (χ1v) is 8.47. The standard InChI is InChI=1S/C12H10Br2INS/c1-16-12(10-4-5-11(14)17-10)8-6-7(13)2-3-9(8)15/h2-6,12,16H,1H3. The predicted octanol–water partition coefficient (Wildman–Crippen LogP) is 5.19. The molecule has 1 N–H and O–H groups in total. The molecule has 1 unspecified atom stereocenters. The van der Waals surface area contributed by atoms with Crippen LogP contribution >= 0.6 is 65.8 Å². The van der Waals surface area contributed by atoms with Crippen LogP contribution in [-0.2, 0) is 0 Å². The van der Waals surface area contributed by atoms with E-state index in [2.05, 4.69) is 90.1 Å². The molecule has 0 aliphatic carbocycles. The molecule has 5 heteroatoms. The van der Waals surface area contributed by atoms with Gasteiger partial charge in [-0.05, 0) is 81.5 Å². The van der Waals surface area contributed by atoms with Crippen molar-refractivity contribution in [3.05, 3.63) is 52.6 Å². The van der Waals surface area contributed by atoms with Crippen LogP contribution in [0.2, 0.25) is 0 Å². The predicted molar refractivity (Wildman–Crippen MR) is 89.8 cm³/mol. The monoisotopic (exact) mass is 485 g/mol. The summed E-state index contributed by atoms with van der Waals surface area (Å²) in [6, 6.07) is 10.9. The molecule has 1 atom stereocenters. The Kier molecular flexibility index (Phi) is 5.06. The molecule has 90 valence electrons. The number of benzene rings is 1. The van der Waals surface area contributed by atoms with E-state index in [1.165, 1.54) is 14.0 Å². The van der Waals surface area contributed by atoms with Crippen LogP contribution in [0.1, 0.15) is 16.5 Å². The van der Waals surface area contributed by atoms with Crippen LogP contribution in [0.15, 0.2) is 38.6 Å². The highest BCUT2D eigenvalue weighted by Crippen LogP contribution is 2.34. The Morgan fingerprint density at radius 1 is 1.24 bits per heavy atom. The van der Waals surface area contributed by atoms with Crippen molar-refractivity contribution in [1.29, 1.82) is 0 Å². The lowest BCUT2D eigenvalue weighted by Crippen LogP contribution is -2.17. The Hall–Kier alpha value is 0.570. The van der Waals surface area contributed by atoms with Crippen molar-refractivity contribution in [3.63, 3.8) is 0 Å². The number of thiophene rings is 1. The van der Waals surface area contributed by atoms with Crippen molar-refractivity contribution in [2.24, 2.45) is 0 Å². The van der Waals surface area contributed by atoms with Crippen LogP contribution in [0.3, 0.4) is 0 Å². The number of nitrogens with one attached hydrogen (secondary N) is 1. The van der Waals surface area contributed by atoms with E-state index in [0.717, 1.165) is 8.26 Å². The number of hydrogen-bond donors (Lipinski definition) is 1. The second-order valence-corrected chi connectivity index (χ2v) is 8.10. The third-order valence-electron chi connectivity index (χ3n) is 2.44. The van der Waals surface area contributed by atoms with Gasteiger partial charge in [-0.2, -0.15) is 0 Å². The van der Waals surface area contributed by atoms with Gasteiger partial charge in [-0.3, -0.25) is 0 Å². The summed E-state index contributed by atoms with van der Waals surface area (Å²) < 4.78 is 3.55. The van der Waals surface area contributed by atoms with E-state index in [4.69, 9.17) is 0 Å². The fraction of sp³-hybridized carbons (Fsp3) is 0.167. The zero-order chi connectivity index (χ0) is 12.4. The summed E-state index contributed by atoms with van der Waals surface area (Å²) in [7, 11) is 2.00. The number of halogens is 3. The SMILES string of the molecule is CNC(c1ccc(Br)s1)c1cc(Br)ccc1I. The zero-order valence-electron chi connectivity index (χ0n) is 9.01. The molecule has 1 aromatic carbocycles. The third kappa shape index (κ3) is 3.32. The van der Waals surface area contributed by atoms with Gasteiger partial charge in [0, 0.05) is 12.9 Å². The highest BCUT2D eigenvalue weighted by molar-refractivity contribution is 14.1. The van der Waals surface area contributed by atoms with Gasteiger partial charge in [0.15, 0.2) is 0 Å². The van der Waals surface area contributed by atoms with Gasteiger partial charge in [0.2, 0.25) is 0 Å². The van der Waals surface area contributed by atoms with Crippen molar-refractivity contribution >= 4 is 65.8 Å². The van der Waals surface area contributed by atoms with E-state index in [1.807, 2.05) is 7.05 Å². The second-order valence-electron chi connectivity index (χ2n) is 3.53. The Morgan fingerprint density at radius 3 is 2.59 bits per heavy atom. The molecule has 0 radical (unpaired) electrons. The van der Waals surface area contributed by atoms with Crippen LogP contribution in [0, 0.1) is 3.57 Å². The lowest BCUT2D eigenvalue weighted by Gasteiger charge is -2.17. The summed E-state index contributed by atoms with van der Waals surface area (Å²) in [4.78, 5) is 1.32. The minimum atomic E-state index is 0.246. The maximum absolute atomic E-state index is 3.53. The topological polar surface area (TPSA) is 12.0 Å². The molecule has 1 aromatic heterocycles. The molecule has 0 fully saturated rings. The Morgan fingerprint density at radius 2 is 2.00 bits per heavy atom. The average molecular weight is 487 g/mol. The zero-order valence-corrected chi connectivity index (χ0v) is 15.2. The summed E-state index contributed by atoms with van der Waals surface area (Å²) in [6.45, 7) is 0. The van der Waals surface area contributed by atoms with E-state index >= 15 is 0 Å². The maximum atomic E-state index is 3.53. The van der Waals surface area contributed by atoms with Crippen molar-refractivity contribution in [3.8, 4) is 0 Å². The van der Waals surface area contributed by atoms with Crippen LogP contribution < -0.4 is 5.32 Å². The van der Waals surface area contributed by atoms with Gasteiger partial charge >= 0.3 is 0 Å². The number of hydrogen-bond acceptors (Lipinski definition) is 2. The summed E-state index contributed by atoms with van der Waals surface area (Å²) >= 11 is 11.2. The molecule has 2 aromatic rings. The molecular formula is C12H10Br2INS. The molecule has 2 rings (SSSR count). The fourth-order valence-corrected chi connectivity index (χ4v) is 4.25. The van der Waals surface area contributed by atoms with Crippen molar-refractivity contribution < 1.29 is 0 Å². The quantitative estimate of drug-likeness (QED) is 0.589. The van der Waals surface area contributed by atoms with E-state index in [0.29, 0.717) is 0 Å². The lowest BCUT2D eigenvalue weighted by atomic mass is 10.1. The van der Waals surface area contributed by atoms with Gasteiger partial charge in [-0.15, -0.1) is 11.3 Å². The van der Waals surface area contributed by atoms with Gasteiger partial charge in [0.1, 0.15) is 0 Å². The van der Waals surface area contributed by atoms with Crippen molar-refractivity contribution in [2.75, 3.05) is 7.05 Å². The summed E-state index contributed by atoms with van der Waals surface area (Å²) in [5, 5.41) is 3.38. The molecule has 1 nitrogen and oxygen atoms in total. The molecule has 0 bridgehead atoms. The second kappa shape index (κ2) is 6.14. The molecular weight excluding hydrogens is 477 g/mol. The number of rotatable bonds is 3. The van der Waals surface area contributed by atoms with E-state index in [-0.39, 0.29) is 6.04 Å². The highest BCUT2D eigenvalue weighted by Gasteiger charge is 2.16. The van der Waals surface area contributed by atoms with Crippen LogP contribution in [-0.4, -0.2) is 7.05 Å². The summed E-state index contributed by atoms with van der Waals surface area (Å²) in [6.07, 6.45) is 0. The van der Waals surface area contributed by atoms with Crippen molar-refractivity contribution in [2.45, 2.75) is 6.04 Å². The summed E-state index contributed by atoms with van der Waals surface area (Å²) in [5.74, 6) is 0. The maximum Gasteiger partial charge on any atom is 0.0702 e. The molecule has 0 amide bonds. The van der Waals surface area contributed by atoms with Gasteiger partial charge < -0.3 is 5.32 Å². The van der Waals surface area contributed by atoms with Crippen LogP contribution in [0.4, 0.5) is 0 Å². The normalized spacial score (nSPS) is 12.7. The van der Waals surface area contributed by atoms with E-state index in [9.17, 15) is 0 Å². The lowest BCUT2D eigenvalue weighted by molar-refractivity contribution is 0.700. The Balaban J connectivity index is 2.45. The third-order valence-corrected chi connectivity index (χ3v) is 5.60. The summed E-state index contributed by atoms with van der Waals surface area (Å²) in [5.41, 5.74) is 1.30. The molecule has 0 saturated heterocycles. The first-order chi connectivity index (χ1) is 8.11. The largest absolute Gasteiger partial charge is 0.309 e. The van der Waals surface area contributed by atoms with Crippen molar-refractivity contribution in [1.82, 2.24) is 5.32 Å². The van der Waals surface area contributed by atoms with Crippen LogP contribution in [0.25, 0.3) is 0 Å². The minimum Gasteiger partial charge on any atom is -0.309 e. The van der Waals surface area contributed by atoms with Gasteiger partial charge in [-0.25, -0.2) is 0 Å². The molecule has 0 saturated carbocycles. The van der Waals surface area contributed by atoms with E-state index in [1.54, 1.807) is 11.3 Å². The molecule has 0 spiro atoms.